The minimum atomic E-state index is -0.796. The SMILES string of the molecule is CCNC(c1ccc(Br)cc1Br)c1ccc(C)c(F)c1F. The monoisotopic (exact) mass is 417 g/mol. The maximum Gasteiger partial charge on any atom is 0.164 e. The third kappa shape index (κ3) is 3.52. The zero-order chi connectivity index (χ0) is 15.6. The van der Waals surface area contributed by atoms with E-state index >= 15 is 0 Å². The Hall–Kier alpha value is -0.780. The van der Waals surface area contributed by atoms with Gasteiger partial charge in [-0.05, 0) is 36.7 Å². The lowest BCUT2D eigenvalue weighted by atomic mass is 9.97. The first-order valence-corrected chi connectivity index (χ1v) is 8.17. The molecule has 1 nitrogen and oxygen atoms in total. The normalized spacial score (nSPS) is 12.5. The van der Waals surface area contributed by atoms with Crippen LogP contribution in [-0.4, -0.2) is 6.54 Å². The van der Waals surface area contributed by atoms with Crippen LogP contribution < -0.4 is 5.32 Å². The summed E-state index contributed by atoms with van der Waals surface area (Å²) in [6.45, 7) is 4.13. The molecular weight excluding hydrogens is 404 g/mol. The minimum Gasteiger partial charge on any atom is -0.306 e. The molecule has 0 bridgehead atoms. The fraction of sp³-hybridized carbons (Fsp3) is 0.250. The van der Waals surface area contributed by atoms with E-state index in [4.69, 9.17) is 0 Å². The van der Waals surface area contributed by atoms with Crippen molar-refractivity contribution in [1.82, 2.24) is 5.32 Å². The third-order valence-corrected chi connectivity index (χ3v) is 4.48. The summed E-state index contributed by atoms with van der Waals surface area (Å²) < 4.78 is 29.9. The largest absolute Gasteiger partial charge is 0.306 e. The summed E-state index contributed by atoms with van der Waals surface area (Å²) in [5.74, 6) is -1.58. The molecule has 0 radical (unpaired) electrons. The molecule has 2 aromatic carbocycles. The molecule has 0 saturated carbocycles. The van der Waals surface area contributed by atoms with Crippen molar-refractivity contribution in [2.24, 2.45) is 0 Å². The third-order valence-electron chi connectivity index (χ3n) is 3.30. The van der Waals surface area contributed by atoms with Gasteiger partial charge in [0.25, 0.3) is 0 Å². The second-order valence-electron chi connectivity index (χ2n) is 4.76. The molecule has 2 rings (SSSR count). The molecule has 0 spiro atoms. The van der Waals surface area contributed by atoms with Crippen LogP contribution >= 0.6 is 31.9 Å². The number of halogens is 4. The van der Waals surface area contributed by atoms with Gasteiger partial charge in [-0.1, -0.05) is 57.0 Å². The van der Waals surface area contributed by atoms with Gasteiger partial charge in [0.05, 0.1) is 6.04 Å². The average molecular weight is 419 g/mol. The molecule has 0 fully saturated rings. The van der Waals surface area contributed by atoms with Gasteiger partial charge >= 0.3 is 0 Å². The molecule has 5 heteroatoms. The second-order valence-corrected chi connectivity index (χ2v) is 6.53. The standard InChI is InChI=1S/C16H15Br2F2N/c1-3-21-16(11-7-5-10(17)8-13(11)18)12-6-4-9(2)14(19)15(12)20/h4-8,16,21H,3H2,1-2H3. The molecule has 0 saturated heterocycles. The highest BCUT2D eigenvalue weighted by atomic mass is 79.9. The number of aryl methyl sites for hydroxylation is 1. The first kappa shape index (κ1) is 16.6. The van der Waals surface area contributed by atoms with E-state index in [0.29, 0.717) is 17.7 Å². The Balaban J connectivity index is 2.56. The van der Waals surface area contributed by atoms with Crippen molar-refractivity contribution < 1.29 is 8.78 Å². The lowest BCUT2D eigenvalue weighted by molar-refractivity contribution is 0.478. The fourth-order valence-corrected chi connectivity index (χ4v) is 3.49. The molecule has 2 aromatic rings. The second kappa shape index (κ2) is 6.99. The highest BCUT2D eigenvalue weighted by Gasteiger charge is 2.22. The number of hydrogen-bond donors (Lipinski definition) is 1. The van der Waals surface area contributed by atoms with Crippen molar-refractivity contribution in [1.29, 1.82) is 0 Å². The molecule has 0 heterocycles. The lowest BCUT2D eigenvalue weighted by Gasteiger charge is -2.21. The maximum absolute atomic E-state index is 14.3. The van der Waals surface area contributed by atoms with Crippen molar-refractivity contribution in [3.05, 3.63) is 67.6 Å². The summed E-state index contributed by atoms with van der Waals surface area (Å²) in [6.07, 6.45) is 0. The average Bonchev–Trinajstić information content (AvgIpc) is 2.44. The molecule has 1 atom stereocenters. The Kier molecular flexibility index (Phi) is 5.52. The van der Waals surface area contributed by atoms with Gasteiger partial charge in [0.15, 0.2) is 11.6 Å². The van der Waals surface area contributed by atoms with Crippen molar-refractivity contribution in [2.45, 2.75) is 19.9 Å². The van der Waals surface area contributed by atoms with Crippen LogP contribution in [0.25, 0.3) is 0 Å². The van der Waals surface area contributed by atoms with Crippen molar-refractivity contribution in [2.75, 3.05) is 6.54 Å². The fourth-order valence-electron chi connectivity index (χ4n) is 2.21. The van der Waals surface area contributed by atoms with Gasteiger partial charge in [0.2, 0.25) is 0 Å². The quantitative estimate of drug-likeness (QED) is 0.691. The van der Waals surface area contributed by atoms with Crippen LogP contribution in [-0.2, 0) is 0 Å². The molecule has 1 N–H and O–H groups in total. The smallest absolute Gasteiger partial charge is 0.164 e. The zero-order valence-electron chi connectivity index (χ0n) is 11.7. The minimum absolute atomic E-state index is 0.307. The van der Waals surface area contributed by atoms with Crippen molar-refractivity contribution in [3.63, 3.8) is 0 Å². The summed E-state index contributed by atoms with van der Waals surface area (Å²) in [5, 5.41) is 3.21. The Bertz CT molecular complexity index is 659. The van der Waals surface area contributed by atoms with Crippen LogP contribution in [0.1, 0.15) is 29.7 Å². The van der Waals surface area contributed by atoms with Crippen molar-refractivity contribution >= 4 is 31.9 Å². The molecule has 0 amide bonds. The molecular formula is C16H15Br2F2N. The predicted octanol–water partition coefficient (Wildman–Crippen LogP) is 5.50. The van der Waals surface area contributed by atoms with Crippen LogP contribution in [0.5, 0.6) is 0 Å². The maximum atomic E-state index is 14.3. The zero-order valence-corrected chi connectivity index (χ0v) is 14.9. The lowest BCUT2D eigenvalue weighted by Crippen LogP contribution is -2.24. The van der Waals surface area contributed by atoms with E-state index in [1.54, 1.807) is 19.1 Å². The Morgan fingerprint density at radius 3 is 2.33 bits per heavy atom. The van der Waals surface area contributed by atoms with Gasteiger partial charge in [0, 0.05) is 14.5 Å². The molecule has 0 aliphatic carbocycles. The number of rotatable bonds is 4. The van der Waals surface area contributed by atoms with E-state index < -0.39 is 17.7 Å². The summed E-state index contributed by atoms with van der Waals surface area (Å²) in [5.41, 5.74) is 1.48. The number of benzene rings is 2. The number of hydrogen-bond acceptors (Lipinski definition) is 1. The van der Waals surface area contributed by atoms with Crippen molar-refractivity contribution in [3.8, 4) is 0 Å². The summed E-state index contributed by atoms with van der Waals surface area (Å²) in [7, 11) is 0. The van der Waals surface area contributed by atoms with E-state index in [0.717, 1.165) is 14.5 Å². The van der Waals surface area contributed by atoms with Crippen LogP contribution in [0, 0.1) is 18.6 Å². The summed E-state index contributed by atoms with van der Waals surface area (Å²) in [4.78, 5) is 0. The Morgan fingerprint density at radius 2 is 1.71 bits per heavy atom. The molecule has 0 aromatic heterocycles. The number of nitrogens with one attached hydrogen (secondary N) is 1. The van der Waals surface area contributed by atoms with Crippen LogP contribution in [0.15, 0.2) is 39.3 Å². The van der Waals surface area contributed by atoms with Gasteiger partial charge in [-0.25, -0.2) is 8.78 Å². The first-order valence-electron chi connectivity index (χ1n) is 6.58. The van der Waals surface area contributed by atoms with Gasteiger partial charge in [-0.15, -0.1) is 0 Å². The van der Waals surface area contributed by atoms with Gasteiger partial charge in [-0.2, -0.15) is 0 Å². The highest BCUT2D eigenvalue weighted by molar-refractivity contribution is 9.11. The van der Waals surface area contributed by atoms with E-state index in [-0.39, 0.29) is 0 Å². The highest BCUT2D eigenvalue weighted by Crippen LogP contribution is 2.33. The topological polar surface area (TPSA) is 12.0 Å². The van der Waals surface area contributed by atoms with E-state index in [2.05, 4.69) is 37.2 Å². The molecule has 21 heavy (non-hydrogen) atoms. The van der Waals surface area contributed by atoms with Crippen LogP contribution in [0.2, 0.25) is 0 Å². The summed E-state index contributed by atoms with van der Waals surface area (Å²) >= 11 is 6.88. The first-order chi connectivity index (χ1) is 9.95. The van der Waals surface area contributed by atoms with Gasteiger partial charge in [-0.3, -0.25) is 0 Å². The van der Waals surface area contributed by atoms with Crippen LogP contribution in [0.3, 0.4) is 0 Å². The van der Waals surface area contributed by atoms with Gasteiger partial charge in [0.1, 0.15) is 0 Å². The Morgan fingerprint density at radius 1 is 1.05 bits per heavy atom. The Labute approximate surface area is 140 Å². The molecule has 0 aliphatic heterocycles. The van der Waals surface area contributed by atoms with E-state index in [9.17, 15) is 8.78 Å². The summed E-state index contributed by atoms with van der Waals surface area (Å²) in [6, 6.07) is 8.49. The van der Waals surface area contributed by atoms with Crippen LogP contribution in [0.4, 0.5) is 8.78 Å². The molecule has 1 unspecified atom stereocenters. The van der Waals surface area contributed by atoms with E-state index in [1.165, 1.54) is 0 Å². The molecule has 0 aliphatic rings. The molecule has 112 valence electrons. The predicted molar refractivity (Wildman–Crippen MR) is 88.5 cm³/mol. The van der Waals surface area contributed by atoms with Gasteiger partial charge < -0.3 is 5.32 Å². The van der Waals surface area contributed by atoms with E-state index in [1.807, 2.05) is 25.1 Å².